The van der Waals surface area contributed by atoms with Crippen LogP contribution in [0.5, 0.6) is 0 Å². The van der Waals surface area contributed by atoms with Crippen molar-refractivity contribution in [2.75, 3.05) is 5.73 Å². The fraction of sp³-hybridized carbons (Fsp3) is 0.115. The quantitative estimate of drug-likeness (QED) is 0.409. The van der Waals surface area contributed by atoms with Crippen LogP contribution in [0.1, 0.15) is 21.7 Å². The third-order valence-corrected chi connectivity index (χ3v) is 5.70. The molecular weight excluding hydrogens is 417 g/mol. The molecule has 0 aliphatic heterocycles. The maximum Gasteiger partial charge on any atom is 0.289 e. The van der Waals surface area contributed by atoms with Gasteiger partial charge in [0.1, 0.15) is 17.3 Å². The van der Waals surface area contributed by atoms with Gasteiger partial charge in [0.2, 0.25) is 5.82 Å². The van der Waals surface area contributed by atoms with E-state index < -0.39 is 5.91 Å². The van der Waals surface area contributed by atoms with E-state index >= 15 is 0 Å². The van der Waals surface area contributed by atoms with E-state index in [9.17, 15) is 9.18 Å². The van der Waals surface area contributed by atoms with Gasteiger partial charge in [-0.1, -0.05) is 66.7 Å². The van der Waals surface area contributed by atoms with Gasteiger partial charge in [-0.25, -0.2) is 14.4 Å². The molecule has 0 fully saturated rings. The van der Waals surface area contributed by atoms with Crippen molar-refractivity contribution < 1.29 is 9.18 Å². The van der Waals surface area contributed by atoms with E-state index in [1.54, 1.807) is 12.1 Å². The lowest BCUT2D eigenvalue weighted by atomic mass is 10.1. The molecule has 5 aromatic rings. The Hall–Kier alpha value is -4.26. The van der Waals surface area contributed by atoms with Crippen LogP contribution in [0, 0.1) is 5.82 Å². The van der Waals surface area contributed by atoms with Crippen LogP contribution in [0.25, 0.3) is 21.9 Å². The molecule has 3 N–H and O–H groups in total. The molecule has 0 bridgehead atoms. The van der Waals surface area contributed by atoms with E-state index in [2.05, 4.69) is 15.3 Å². The van der Waals surface area contributed by atoms with Crippen molar-refractivity contribution in [3.05, 3.63) is 102 Å². The van der Waals surface area contributed by atoms with Gasteiger partial charge in [-0.15, -0.1) is 0 Å². The van der Waals surface area contributed by atoms with E-state index in [0.717, 1.165) is 16.5 Å². The molecule has 0 spiro atoms. The fourth-order valence-corrected chi connectivity index (χ4v) is 4.07. The van der Waals surface area contributed by atoms with Gasteiger partial charge in [-0.2, -0.15) is 0 Å². The number of nitrogen functional groups attached to an aromatic ring is 1. The summed E-state index contributed by atoms with van der Waals surface area (Å²) >= 11 is 0. The van der Waals surface area contributed by atoms with E-state index in [4.69, 9.17) is 5.73 Å². The SMILES string of the molecule is Nc1nc(C(=O)NCc2ccccc2)nc2c1c1ccccc1n2CCc1ccccc1F. The van der Waals surface area contributed by atoms with Gasteiger partial charge in [-0.3, -0.25) is 4.79 Å². The number of nitrogens with two attached hydrogens (primary N) is 1. The number of nitrogens with zero attached hydrogens (tertiary/aromatic N) is 3. The molecule has 0 radical (unpaired) electrons. The second-order valence-corrected chi connectivity index (χ2v) is 7.81. The Balaban J connectivity index is 1.53. The van der Waals surface area contributed by atoms with Gasteiger partial charge in [0.25, 0.3) is 5.91 Å². The Morgan fingerprint density at radius 1 is 0.939 bits per heavy atom. The Morgan fingerprint density at radius 2 is 1.67 bits per heavy atom. The van der Waals surface area contributed by atoms with Gasteiger partial charge >= 0.3 is 0 Å². The minimum absolute atomic E-state index is 0.00544. The number of para-hydroxylation sites is 1. The monoisotopic (exact) mass is 439 g/mol. The van der Waals surface area contributed by atoms with Crippen molar-refractivity contribution in [1.29, 1.82) is 0 Å². The predicted octanol–water partition coefficient (Wildman–Crippen LogP) is 4.48. The van der Waals surface area contributed by atoms with Crippen LogP contribution in [0.4, 0.5) is 10.2 Å². The van der Waals surface area contributed by atoms with Crippen LogP contribution in [0.2, 0.25) is 0 Å². The summed E-state index contributed by atoms with van der Waals surface area (Å²) in [5, 5.41) is 4.44. The maximum atomic E-state index is 14.2. The lowest BCUT2D eigenvalue weighted by Crippen LogP contribution is -2.25. The Bertz CT molecular complexity index is 1460. The first-order valence-electron chi connectivity index (χ1n) is 10.7. The second kappa shape index (κ2) is 8.70. The molecule has 2 heterocycles. The molecule has 33 heavy (non-hydrogen) atoms. The topological polar surface area (TPSA) is 85.8 Å². The number of hydrogen-bond acceptors (Lipinski definition) is 4. The minimum Gasteiger partial charge on any atom is -0.383 e. The summed E-state index contributed by atoms with van der Waals surface area (Å²) in [6, 6.07) is 24.1. The molecule has 0 unspecified atom stereocenters. The highest BCUT2D eigenvalue weighted by Crippen LogP contribution is 2.31. The number of nitrogens with one attached hydrogen (secondary N) is 1. The van der Waals surface area contributed by atoms with Crippen LogP contribution >= 0.6 is 0 Å². The number of amides is 1. The summed E-state index contributed by atoms with van der Waals surface area (Å²) in [5.74, 6) is -0.400. The highest BCUT2D eigenvalue weighted by Gasteiger charge is 2.19. The zero-order chi connectivity index (χ0) is 22.8. The lowest BCUT2D eigenvalue weighted by Gasteiger charge is -2.09. The molecule has 7 heteroatoms. The Morgan fingerprint density at radius 3 is 2.48 bits per heavy atom. The number of anilines is 1. The van der Waals surface area contributed by atoms with Crippen molar-refractivity contribution in [1.82, 2.24) is 19.9 Å². The van der Waals surface area contributed by atoms with Crippen molar-refractivity contribution >= 4 is 33.7 Å². The normalized spacial score (nSPS) is 11.2. The predicted molar refractivity (Wildman–Crippen MR) is 127 cm³/mol. The second-order valence-electron chi connectivity index (χ2n) is 7.81. The van der Waals surface area contributed by atoms with Crippen molar-refractivity contribution in [3.63, 3.8) is 0 Å². The van der Waals surface area contributed by atoms with Gasteiger partial charge in [0.05, 0.1) is 10.9 Å². The van der Waals surface area contributed by atoms with Crippen molar-refractivity contribution in [2.24, 2.45) is 0 Å². The maximum absolute atomic E-state index is 14.2. The number of fused-ring (bicyclic) bond motifs is 3. The molecule has 0 atom stereocenters. The highest BCUT2D eigenvalue weighted by molar-refractivity contribution is 6.12. The molecule has 6 nitrogen and oxygen atoms in total. The highest BCUT2D eigenvalue weighted by atomic mass is 19.1. The van der Waals surface area contributed by atoms with Crippen LogP contribution in [-0.4, -0.2) is 20.4 Å². The van der Waals surface area contributed by atoms with Crippen molar-refractivity contribution in [3.8, 4) is 0 Å². The molecule has 0 aliphatic carbocycles. The van der Waals surface area contributed by atoms with E-state index in [1.807, 2.05) is 65.2 Å². The van der Waals surface area contributed by atoms with Crippen LogP contribution in [0.15, 0.2) is 78.9 Å². The van der Waals surface area contributed by atoms with Crippen LogP contribution in [0.3, 0.4) is 0 Å². The summed E-state index contributed by atoms with van der Waals surface area (Å²) in [6.07, 6.45) is 0.472. The first-order chi connectivity index (χ1) is 16.1. The molecule has 164 valence electrons. The average molecular weight is 439 g/mol. The summed E-state index contributed by atoms with van der Waals surface area (Å²) in [4.78, 5) is 21.7. The molecule has 0 aliphatic rings. The summed E-state index contributed by atoms with van der Waals surface area (Å²) in [6.45, 7) is 0.837. The molecule has 1 amide bonds. The first-order valence-corrected chi connectivity index (χ1v) is 10.7. The first kappa shape index (κ1) is 20.6. The van der Waals surface area contributed by atoms with Crippen molar-refractivity contribution in [2.45, 2.75) is 19.5 Å². The number of benzene rings is 3. The van der Waals surface area contributed by atoms with E-state index in [-0.39, 0.29) is 17.5 Å². The third-order valence-electron chi connectivity index (χ3n) is 5.70. The molecule has 5 rings (SSSR count). The minimum atomic E-state index is -0.404. The Kier molecular flexibility index (Phi) is 5.44. The lowest BCUT2D eigenvalue weighted by molar-refractivity contribution is 0.0941. The van der Waals surface area contributed by atoms with Gasteiger partial charge in [-0.05, 0) is 29.7 Å². The standard InChI is InChI=1S/C26H22FN5O/c27-20-12-6-4-10-18(20)14-15-32-21-13-7-5-11-19(21)22-23(28)30-24(31-25(22)32)26(33)29-16-17-8-2-1-3-9-17/h1-13H,14-16H2,(H,29,33)(H2,28,30,31). The molecule has 2 aromatic heterocycles. The molecule has 0 saturated carbocycles. The summed E-state index contributed by atoms with van der Waals surface area (Å²) < 4.78 is 16.2. The third kappa shape index (κ3) is 4.01. The summed E-state index contributed by atoms with van der Waals surface area (Å²) in [5.41, 5.74) is 9.37. The smallest absolute Gasteiger partial charge is 0.289 e. The Labute approximate surface area is 189 Å². The van der Waals surface area contributed by atoms with Crippen LogP contribution < -0.4 is 11.1 Å². The van der Waals surface area contributed by atoms with Gasteiger partial charge < -0.3 is 15.6 Å². The number of aryl methyl sites for hydroxylation is 2. The fourth-order valence-electron chi connectivity index (χ4n) is 4.07. The van der Waals surface area contributed by atoms with Gasteiger partial charge in [0, 0.05) is 18.5 Å². The number of carbonyl (C=O) groups excluding carboxylic acids is 1. The zero-order valence-corrected chi connectivity index (χ0v) is 17.8. The number of rotatable bonds is 6. The average Bonchev–Trinajstić information content (AvgIpc) is 3.16. The zero-order valence-electron chi connectivity index (χ0n) is 17.8. The van der Waals surface area contributed by atoms with Crippen LogP contribution in [-0.2, 0) is 19.5 Å². The number of hydrogen-bond donors (Lipinski definition) is 2. The molecule has 3 aromatic carbocycles. The van der Waals surface area contributed by atoms with E-state index in [1.165, 1.54) is 6.07 Å². The van der Waals surface area contributed by atoms with E-state index in [0.29, 0.717) is 36.1 Å². The largest absolute Gasteiger partial charge is 0.383 e. The number of carbonyl (C=O) groups is 1. The number of aromatic nitrogens is 3. The number of halogens is 1. The molecular formula is C26H22FN5O. The summed E-state index contributed by atoms with van der Waals surface area (Å²) in [7, 11) is 0. The van der Waals surface area contributed by atoms with Gasteiger partial charge in [0.15, 0.2) is 0 Å². The molecule has 0 saturated heterocycles.